The summed E-state index contributed by atoms with van der Waals surface area (Å²) in [4.78, 5) is 36.2. The number of carbonyl (C=O) groups is 3. The highest BCUT2D eigenvalue weighted by atomic mass is 16.6. The largest absolute Gasteiger partial charge is 0.458 e. The zero-order chi connectivity index (χ0) is 20.2. The smallest absolute Gasteiger partial charge is 0.334 e. The molecule has 4 aliphatic rings. The van der Waals surface area contributed by atoms with Gasteiger partial charge in [0.1, 0.15) is 12.2 Å². The maximum absolute atomic E-state index is 12.6. The molecule has 1 saturated heterocycles. The summed E-state index contributed by atoms with van der Waals surface area (Å²) >= 11 is 0. The van der Waals surface area contributed by atoms with Crippen molar-refractivity contribution in [3.8, 4) is 0 Å². The quantitative estimate of drug-likeness (QED) is 0.537. The third kappa shape index (κ3) is 2.79. The predicted molar refractivity (Wildman–Crippen MR) is 93.3 cm³/mol. The van der Waals surface area contributed by atoms with Crippen molar-refractivity contribution in [2.24, 2.45) is 5.41 Å². The second-order valence-electron chi connectivity index (χ2n) is 7.88. The van der Waals surface area contributed by atoms with E-state index in [2.05, 4.69) is 4.74 Å². The van der Waals surface area contributed by atoms with Gasteiger partial charge in [-0.05, 0) is 26.7 Å². The summed E-state index contributed by atoms with van der Waals surface area (Å²) in [5, 5.41) is 20.3. The Hall–Kier alpha value is -2.45. The molecule has 0 amide bonds. The lowest BCUT2D eigenvalue weighted by Gasteiger charge is -2.37. The SMILES string of the molecule is CC1=C(C[C@@H]2OC(=O)C3=CCC[C@@H](O)[C@@]32C)C(=O)O[C@H](C2=CC(=O)O[C@H]2O)C1. The fourth-order valence-corrected chi connectivity index (χ4v) is 4.46. The van der Waals surface area contributed by atoms with E-state index in [9.17, 15) is 24.6 Å². The number of allylic oxidation sites excluding steroid dienone is 1. The van der Waals surface area contributed by atoms with Gasteiger partial charge in [0.15, 0.2) is 0 Å². The molecule has 0 spiro atoms. The highest BCUT2D eigenvalue weighted by Gasteiger charge is 2.56. The van der Waals surface area contributed by atoms with Crippen LogP contribution in [-0.2, 0) is 28.6 Å². The summed E-state index contributed by atoms with van der Waals surface area (Å²) < 4.78 is 15.6. The number of aliphatic hydroxyl groups is 2. The minimum atomic E-state index is -1.42. The van der Waals surface area contributed by atoms with Gasteiger partial charge in [-0.25, -0.2) is 14.4 Å². The van der Waals surface area contributed by atoms with Gasteiger partial charge in [-0.1, -0.05) is 11.6 Å². The van der Waals surface area contributed by atoms with Crippen LogP contribution >= 0.6 is 0 Å². The van der Waals surface area contributed by atoms with E-state index in [1.807, 2.05) is 0 Å². The number of carbonyl (C=O) groups excluding carboxylic acids is 3. The van der Waals surface area contributed by atoms with E-state index in [-0.39, 0.29) is 12.0 Å². The van der Waals surface area contributed by atoms with Gasteiger partial charge in [-0.2, -0.15) is 0 Å². The molecule has 1 fully saturated rings. The summed E-state index contributed by atoms with van der Waals surface area (Å²) in [6.45, 7) is 3.55. The van der Waals surface area contributed by atoms with Crippen LogP contribution < -0.4 is 0 Å². The van der Waals surface area contributed by atoms with Crippen molar-refractivity contribution >= 4 is 17.9 Å². The van der Waals surface area contributed by atoms with Crippen molar-refractivity contribution in [3.63, 3.8) is 0 Å². The standard InChI is InChI=1S/C20H22O8/c1-9-6-13(11-8-16(22)28-18(11)24)26-17(23)10(9)7-15-20(2)12(19(25)27-15)4-3-5-14(20)21/h4,8,13-15,18,21,24H,3,5-7H2,1-2H3/t13-,14+,15-,18+,20+/m0/s1. The molecule has 0 aromatic rings. The lowest BCUT2D eigenvalue weighted by Crippen LogP contribution is -2.43. The third-order valence-electron chi connectivity index (χ3n) is 6.26. The Balaban J connectivity index is 1.58. The van der Waals surface area contributed by atoms with Crippen molar-refractivity contribution in [1.29, 1.82) is 0 Å². The van der Waals surface area contributed by atoms with Crippen LogP contribution in [0, 0.1) is 5.41 Å². The van der Waals surface area contributed by atoms with Crippen LogP contribution in [0.1, 0.15) is 39.5 Å². The molecule has 0 saturated carbocycles. The topological polar surface area (TPSA) is 119 Å². The monoisotopic (exact) mass is 390 g/mol. The zero-order valence-corrected chi connectivity index (χ0v) is 15.6. The van der Waals surface area contributed by atoms with Gasteiger partial charge in [0.25, 0.3) is 0 Å². The Bertz CT molecular complexity index is 850. The normalized spacial score (nSPS) is 37.8. The van der Waals surface area contributed by atoms with Crippen molar-refractivity contribution in [2.75, 3.05) is 0 Å². The van der Waals surface area contributed by atoms with E-state index >= 15 is 0 Å². The number of hydrogen-bond acceptors (Lipinski definition) is 8. The molecule has 8 nitrogen and oxygen atoms in total. The van der Waals surface area contributed by atoms with Crippen LogP contribution in [0.3, 0.4) is 0 Å². The Morgan fingerprint density at radius 3 is 2.54 bits per heavy atom. The third-order valence-corrected chi connectivity index (χ3v) is 6.26. The fourth-order valence-electron chi connectivity index (χ4n) is 4.46. The average molecular weight is 390 g/mol. The maximum atomic E-state index is 12.6. The number of rotatable bonds is 3. The first-order valence-electron chi connectivity index (χ1n) is 9.31. The van der Waals surface area contributed by atoms with Crippen molar-refractivity contribution in [1.82, 2.24) is 0 Å². The Morgan fingerprint density at radius 2 is 1.89 bits per heavy atom. The summed E-state index contributed by atoms with van der Waals surface area (Å²) in [7, 11) is 0. The van der Waals surface area contributed by atoms with E-state index in [1.165, 1.54) is 0 Å². The second kappa shape index (κ2) is 6.56. The molecule has 4 rings (SSSR count). The van der Waals surface area contributed by atoms with E-state index in [4.69, 9.17) is 9.47 Å². The summed E-state index contributed by atoms with van der Waals surface area (Å²) in [5.41, 5.74) is 0.908. The molecule has 0 radical (unpaired) electrons. The minimum absolute atomic E-state index is 0.130. The number of fused-ring (bicyclic) bond motifs is 1. The number of ether oxygens (including phenoxy) is 3. The van der Waals surface area contributed by atoms with Crippen molar-refractivity contribution in [2.45, 2.75) is 64.1 Å². The maximum Gasteiger partial charge on any atom is 0.334 e. The molecule has 2 N–H and O–H groups in total. The fraction of sp³-hybridized carbons (Fsp3) is 0.550. The highest BCUT2D eigenvalue weighted by molar-refractivity contribution is 5.94. The van der Waals surface area contributed by atoms with Gasteiger partial charge in [0.2, 0.25) is 6.29 Å². The molecule has 3 heterocycles. The molecular formula is C20H22O8. The summed E-state index contributed by atoms with van der Waals surface area (Å²) in [5.74, 6) is -1.73. The first-order valence-corrected chi connectivity index (χ1v) is 9.31. The lowest BCUT2D eigenvalue weighted by molar-refractivity contribution is -0.154. The zero-order valence-electron chi connectivity index (χ0n) is 15.6. The summed E-state index contributed by atoms with van der Waals surface area (Å²) in [6, 6.07) is 0. The second-order valence-corrected chi connectivity index (χ2v) is 7.88. The number of esters is 3. The molecule has 1 aliphatic carbocycles. The first kappa shape index (κ1) is 18.9. The van der Waals surface area contributed by atoms with Gasteiger partial charge >= 0.3 is 17.9 Å². The number of hydrogen-bond donors (Lipinski definition) is 2. The number of cyclic esters (lactones) is 3. The van der Waals surface area contributed by atoms with Crippen molar-refractivity contribution in [3.05, 3.63) is 34.4 Å². The Kier molecular flexibility index (Phi) is 4.43. The highest BCUT2D eigenvalue weighted by Crippen LogP contribution is 2.49. The lowest BCUT2D eigenvalue weighted by atomic mass is 9.68. The van der Waals surface area contributed by atoms with Gasteiger partial charge in [-0.3, -0.25) is 0 Å². The van der Waals surface area contributed by atoms with E-state index < -0.39 is 47.9 Å². The van der Waals surface area contributed by atoms with Gasteiger partial charge in [0, 0.05) is 35.6 Å². The number of aliphatic hydroxyl groups excluding tert-OH is 2. The first-order chi connectivity index (χ1) is 13.2. The van der Waals surface area contributed by atoms with Gasteiger partial charge in [-0.15, -0.1) is 0 Å². The van der Waals surface area contributed by atoms with Crippen molar-refractivity contribution < 1.29 is 38.8 Å². The molecule has 3 aliphatic heterocycles. The van der Waals surface area contributed by atoms with Crippen LogP contribution in [0.15, 0.2) is 34.4 Å². The molecule has 0 unspecified atom stereocenters. The Morgan fingerprint density at radius 1 is 1.14 bits per heavy atom. The molecule has 0 aromatic heterocycles. The van der Waals surface area contributed by atoms with Crippen LogP contribution in [0.4, 0.5) is 0 Å². The molecule has 28 heavy (non-hydrogen) atoms. The Labute approximate surface area is 161 Å². The molecular weight excluding hydrogens is 368 g/mol. The predicted octanol–water partition coefficient (Wildman–Crippen LogP) is 0.823. The van der Waals surface area contributed by atoms with Crippen LogP contribution in [0.2, 0.25) is 0 Å². The van der Waals surface area contributed by atoms with E-state index in [0.29, 0.717) is 30.4 Å². The molecule has 0 aromatic carbocycles. The molecule has 8 heteroatoms. The minimum Gasteiger partial charge on any atom is -0.458 e. The van der Waals surface area contributed by atoms with E-state index in [1.54, 1.807) is 19.9 Å². The van der Waals surface area contributed by atoms with Gasteiger partial charge < -0.3 is 24.4 Å². The van der Waals surface area contributed by atoms with Crippen LogP contribution in [0.5, 0.6) is 0 Å². The molecule has 0 bridgehead atoms. The van der Waals surface area contributed by atoms with Crippen LogP contribution in [-0.4, -0.2) is 52.7 Å². The molecule has 5 atom stereocenters. The van der Waals surface area contributed by atoms with E-state index in [0.717, 1.165) is 11.6 Å². The summed E-state index contributed by atoms with van der Waals surface area (Å²) in [6.07, 6.45) is 0.890. The molecule has 150 valence electrons. The van der Waals surface area contributed by atoms with Gasteiger partial charge in [0.05, 0.1) is 11.5 Å². The van der Waals surface area contributed by atoms with Crippen LogP contribution in [0.25, 0.3) is 0 Å². The average Bonchev–Trinajstić information content (AvgIpc) is 3.09.